The Morgan fingerprint density at radius 2 is 2.19 bits per heavy atom. The van der Waals surface area contributed by atoms with E-state index in [2.05, 4.69) is 22.0 Å². The van der Waals surface area contributed by atoms with E-state index in [4.69, 9.17) is 4.74 Å². The SMILES string of the molecule is COc1c(F)cc(C)c(Br)c1C1(C#N)CC1. The molecule has 84 valence electrons. The van der Waals surface area contributed by atoms with Crippen LogP contribution < -0.4 is 4.74 Å². The third-order valence-electron chi connectivity index (χ3n) is 3.00. The molecule has 1 aliphatic rings. The molecule has 0 unspecified atom stereocenters. The molecular formula is C12H11BrFNO. The van der Waals surface area contributed by atoms with Crippen LogP contribution in [0.1, 0.15) is 24.0 Å². The maximum absolute atomic E-state index is 13.7. The van der Waals surface area contributed by atoms with Crippen molar-refractivity contribution in [2.75, 3.05) is 7.11 Å². The van der Waals surface area contributed by atoms with Crippen LogP contribution in [0.2, 0.25) is 0 Å². The van der Waals surface area contributed by atoms with Crippen molar-refractivity contribution in [3.05, 3.63) is 27.5 Å². The normalized spacial score (nSPS) is 16.7. The van der Waals surface area contributed by atoms with Crippen LogP contribution in [0.25, 0.3) is 0 Å². The minimum atomic E-state index is -0.558. The zero-order valence-electron chi connectivity index (χ0n) is 9.10. The van der Waals surface area contributed by atoms with Crippen LogP contribution in [0.5, 0.6) is 5.75 Å². The predicted molar refractivity (Wildman–Crippen MR) is 61.9 cm³/mol. The molecule has 0 bridgehead atoms. The number of aryl methyl sites for hydroxylation is 1. The Kier molecular flexibility index (Phi) is 2.67. The van der Waals surface area contributed by atoms with E-state index in [1.165, 1.54) is 13.2 Å². The summed E-state index contributed by atoms with van der Waals surface area (Å²) >= 11 is 3.42. The minimum Gasteiger partial charge on any atom is -0.493 e. The van der Waals surface area contributed by atoms with Gasteiger partial charge < -0.3 is 4.74 Å². The van der Waals surface area contributed by atoms with Crippen LogP contribution >= 0.6 is 15.9 Å². The van der Waals surface area contributed by atoms with Crippen molar-refractivity contribution in [2.24, 2.45) is 0 Å². The lowest BCUT2D eigenvalue weighted by molar-refractivity contribution is 0.378. The van der Waals surface area contributed by atoms with Gasteiger partial charge in [-0.2, -0.15) is 5.26 Å². The molecule has 1 aromatic rings. The fourth-order valence-electron chi connectivity index (χ4n) is 1.90. The maximum atomic E-state index is 13.7. The molecule has 0 saturated heterocycles. The van der Waals surface area contributed by atoms with E-state index >= 15 is 0 Å². The van der Waals surface area contributed by atoms with Crippen LogP contribution in [0.3, 0.4) is 0 Å². The average Bonchev–Trinajstić information content (AvgIpc) is 3.03. The first-order chi connectivity index (χ1) is 7.55. The zero-order valence-corrected chi connectivity index (χ0v) is 10.7. The summed E-state index contributed by atoms with van der Waals surface area (Å²) in [4.78, 5) is 0. The Morgan fingerprint density at radius 1 is 1.56 bits per heavy atom. The number of halogens is 2. The molecule has 0 aromatic heterocycles. The van der Waals surface area contributed by atoms with Gasteiger partial charge in [0.05, 0.1) is 18.6 Å². The molecule has 0 atom stereocenters. The summed E-state index contributed by atoms with van der Waals surface area (Å²) in [5.41, 5.74) is 0.890. The van der Waals surface area contributed by atoms with Gasteiger partial charge in [-0.05, 0) is 31.4 Å². The number of methoxy groups -OCH3 is 1. The lowest BCUT2D eigenvalue weighted by Crippen LogP contribution is -2.09. The molecule has 0 spiro atoms. The van der Waals surface area contributed by atoms with E-state index in [9.17, 15) is 9.65 Å². The van der Waals surface area contributed by atoms with Crippen molar-refractivity contribution in [2.45, 2.75) is 25.2 Å². The number of nitriles is 1. The van der Waals surface area contributed by atoms with Gasteiger partial charge in [0.1, 0.15) is 0 Å². The highest BCUT2D eigenvalue weighted by Crippen LogP contribution is 2.54. The van der Waals surface area contributed by atoms with E-state index in [0.29, 0.717) is 5.56 Å². The molecule has 0 radical (unpaired) electrons. The number of ether oxygens (including phenoxy) is 1. The van der Waals surface area contributed by atoms with Crippen molar-refractivity contribution in [3.63, 3.8) is 0 Å². The molecular weight excluding hydrogens is 273 g/mol. The number of benzene rings is 1. The van der Waals surface area contributed by atoms with Gasteiger partial charge in [-0.3, -0.25) is 0 Å². The lowest BCUT2D eigenvalue weighted by Gasteiger charge is -2.16. The molecule has 2 rings (SSSR count). The smallest absolute Gasteiger partial charge is 0.165 e. The first-order valence-electron chi connectivity index (χ1n) is 5.00. The first kappa shape index (κ1) is 11.4. The van der Waals surface area contributed by atoms with Crippen molar-refractivity contribution in [1.29, 1.82) is 5.26 Å². The molecule has 4 heteroatoms. The van der Waals surface area contributed by atoms with E-state index < -0.39 is 11.2 Å². The van der Waals surface area contributed by atoms with Gasteiger partial charge in [0.2, 0.25) is 0 Å². The van der Waals surface area contributed by atoms with Gasteiger partial charge in [-0.15, -0.1) is 0 Å². The minimum absolute atomic E-state index is 0.191. The number of nitrogens with zero attached hydrogens (tertiary/aromatic N) is 1. The van der Waals surface area contributed by atoms with Gasteiger partial charge in [0.25, 0.3) is 0 Å². The monoisotopic (exact) mass is 283 g/mol. The van der Waals surface area contributed by atoms with Gasteiger partial charge in [0, 0.05) is 10.0 Å². The molecule has 1 aromatic carbocycles. The fraction of sp³-hybridized carbons (Fsp3) is 0.417. The Bertz CT molecular complexity index is 489. The van der Waals surface area contributed by atoms with Gasteiger partial charge >= 0.3 is 0 Å². The van der Waals surface area contributed by atoms with Crippen LogP contribution in [0, 0.1) is 24.1 Å². The standard InChI is InChI=1S/C12H11BrFNO/c1-7-5-8(14)11(16-2)9(10(7)13)12(6-15)3-4-12/h5H,3-4H2,1-2H3. The van der Waals surface area contributed by atoms with Crippen LogP contribution in [0.4, 0.5) is 4.39 Å². The Balaban J connectivity index is 2.72. The number of hydrogen-bond acceptors (Lipinski definition) is 2. The Morgan fingerprint density at radius 3 is 2.62 bits per heavy atom. The highest BCUT2D eigenvalue weighted by molar-refractivity contribution is 9.10. The van der Waals surface area contributed by atoms with Gasteiger partial charge in [-0.1, -0.05) is 15.9 Å². The third-order valence-corrected chi connectivity index (χ3v) is 4.02. The Labute approximate surface area is 102 Å². The second-order valence-electron chi connectivity index (χ2n) is 4.09. The average molecular weight is 284 g/mol. The second-order valence-corrected chi connectivity index (χ2v) is 4.88. The van der Waals surface area contributed by atoms with Gasteiger partial charge in [-0.25, -0.2) is 4.39 Å². The highest BCUT2D eigenvalue weighted by atomic mass is 79.9. The molecule has 0 aliphatic heterocycles. The largest absolute Gasteiger partial charge is 0.493 e. The summed E-state index contributed by atoms with van der Waals surface area (Å²) < 4.78 is 19.6. The number of hydrogen-bond donors (Lipinski definition) is 0. The van der Waals surface area contributed by atoms with E-state index in [0.717, 1.165) is 22.9 Å². The third kappa shape index (κ3) is 1.51. The molecule has 0 amide bonds. The predicted octanol–water partition coefficient (Wildman–Crippen LogP) is 3.46. The summed E-state index contributed by atoms with van der Waals surface area (Å²) in [7, 11) is 1.43. The highest BCUT2D eigenvalue weighted by Gasteiger charge is 2.49. The second kappa shape index (κ2) is 3.74. The molecule has 1 aliphatic carbocycles. The fourth-order valence-corrected chi connectivity index (χ4v) is 2.58. The molecule has 0 heterocycles. The van der Waals surface area contributed by atoms with E-state index in [1.807, 2.05) is 6.92 Å². The molecule has 16 heavy (non-hydrogen) atoms. The number of rotatable bonds is 2. The molecule has 1 saturated carbocycles. The van der Waals surface area contributed by atoms with Crippen molar-refractivity contribution in [3.8, 4) is 11.8 Å². The van der Waals surface area contributed by atoms with E-state index in [1.54, 1.807) is 0 Å². The molecule has 2 nitrogen and oxygen atoms in total. The summed E-state index contributed by atoms with van der Waals surface area (Å²) in [5.74, 6) is -0.212. The quantitative estimate of drug-likeness (QED) is 0.833. The lowest BCUT2D eigenvalue weighted by atomic mass is 9.94. The topological polar surface area (TPSA) is 33.0 Å². The zero-order chi connectivity index (χ0) is 11.9. The summed E-state index contributed by atoms with van der Waals surface area (Å²) in [6.07, 6.45) is 1.53. The summed E-state index contributed by atoms with van der Waals surface area (Å²) in [6.45, 7) is 1.81. The summed E-state index contributed by atoms with van der Waals surface area (Å²) in [6, 6.07) is 3.68. The van der Waals surface area contributed by atoms with Crippen LogP contribution in [-0.4, -0.2) is 7.11 Å². The molecule has 0 N–H and O–H groups in total. The van der Waals surface area contributed by atoms with Crippen molar-refractivity contribution < 1.29 is 9.13 Å². The maximum Gasteiger partial charge on any atom is 0.165 e. The molecule has 1 fully saturated rings. The van der Waals surface area contributed by atoms with Crippen LogP contribution in [-0.2, 0) is 5.41 Å². The first-order valence-corrected chi connectivity index (χ1v) is 5.79. The van der Waals surface area contributed by atoms with Crippen LogP contribution in [0.15, 0.2) is 10.5 Å². The van der Waals surface area contributed by atoms with Gasteiger partial charge in [0.15, 0.2) is 11.6 Å². The van der Waals surface area contributed by atoms with Crippen molar-refractivity contribution >= 4 is 15.9 Å². The van der Waals surface area contributed by atoms with Crippen molar-refractivity contribution in [1.82, 2.24) is 0 Å². The Hall–Kier alpha value is -1.08. The summed E-state index contributed by atoms with van der Waals surface area (Å²) in [5, 5.41) is 9.19. The van der Waals surface area contributed by atoms with E-state index in [-0.39, 0.29) is 5.75 Å².